The molecule has 0 bridgehead atoms. The summed E-state index contributed by atoms with van der Waals surface area (Å²) in [6.07, 6.45) is 4.04. The summed E-state index contributed by atoms with van der Waals surface area (Å²) in [5.74, 6) is 1.54. The molecule has 6 nitrogen and oxygen atoms in total. The maximum Gasteiger partial charge on any atom is 0.387 e. The van der Waals surface area contributed by atoms with E-state index in [0.717, 1.165) is 38.4 Å². The zero-order valence-corrected chi connectivity index (χ0v) is 20.9. The van der Waals surface area contributed by atoms with E-state index < -0.39 is 12.7 Å². The molecule has 31 heavy (non-hydrogen) atoms. The quantitative estimate of drug-likeness (QED) is 0.167. The highest BCUT2D eigenvalue weighted by Gasteiger charge is 2.15. The fraction of sp³-hybridized carbons (Fsp3) is 0.682. The molecule has 9 heteroatoms. The van der Waals surface area contributed by atoms with Crippen LogP contribution in [-0.4, -0.2) is 61.8 Å². The smallest absolute Gasteiger partial charge is 0.387 e. The van der Waals surface area contributed by atoms with Gasteiger partial charge in [0.15, 0.2) is 5.96 Å². The fourth-order valence-corrected chi connectivity index (χ4v) is 3.65. The van der Waals surface area contributed by atoms with Crippen LogP contribution in [0.1, 0.15) is 51.2 Å². The minimum absolute atomic E-state index is 0. The molecule has 1 aromatic rings. The van der Waals surface area contributed by atoms with E-state index in [9.17, 15) is 13.9 Å². The molecule has 0 saturated carbocycles. The number of hydrogen-bond acceptors (Lipinski definition) is 4. The Hall–Kier alpha value is -1.20. The first kappa shape index (κ1) is 27.8. The van der Waals surface area contributed by atoms with Crippen molar-refractivity contribution in [2.75, 3.05) is 39.3 Å². The zero-order valence-electron chi connectivity index (χ0n) is 18.5. The van der Waals surface area contributed by atoms with E-state index in [1.54, 1.807) is 12.1 Å². The molecule has 0 aliphatic carbocycles. The Balaban J connectivity index is 0.00000480. The summed E-state index contributed by atoms with van der Waals surface area (Å²) < 4.78 is 28.8. The molecule has 1 aliphatic rings. The lowest BCUT2D eigenvalue weighted by Gasteiger charge is -2.30. The summed E-state index contributed by atoms with van der Waals surface area (Å²) in [6.45, 7) is 6.76. The van der Waals surface area contributed by atoms with E-state index in [-0.39, 0.29) is 36.3 Å². The second-order valence-corrected chi connectivity index (χ2v) is 7.86. The van der Waals surface area contributed by atoms with Crippen molar-refractivity contribution in [3.63, 3.8) is 0 Å². The van der Waals surface area contributed by atoms with Gasteiger partial charge in [-0.25, -0.2) is 0 Å². The lowest BCUT2D eigenvalue weighted by atomic mass is 10.0. The van der Waals surface area contributed by atoms with Crippen molar-refractivity contribution in [3.05, 3.63) is 29.8 Å². The maximum absolute atomic E-state index is 12.2. The maximum atomic E-state index is 12.2. The van der Waals surface area contributed by atoms with Crippen molar-refractivity contribution in [3.8, 4) is 5.75 Å². The molecule has 0 amide bonds. The average Bonchev–Trinajstić information content (AvgIpc) is 2.71. The first-order chi connectivity index (χ1) is 14.5. The van der Waals surface area contributed by atoms with Gasteiger partial charge in [-0.2, -0.15) is 8.78 Å². The third-order valence-electron chi connectivity index (χ3n) is 5.19. The number of unbranched alkanes of at least 4 members (excludes halogenated alkanes) is 1. The van der Waals surface area contributed by atoms with Gasteiger partial charge in [-0.05, 0) is 69.3 Å². The van der Waals surface area contributed by atoms with Crippen LogP contribution in [0, 0.1) is 5.92 Å². The first-order valence-electron chi connectivity index (χ1n) is 10.9. The van der Waals surface area contributed by atoms with Gasteiger partial charge < -0.3 is 25.4 Å². The number of benzene rings is 1. The van der Waals surface area contributed by atoms with Crippen LogP contribution in [0.5, 0.6) is 5.75 Å². The van der Waals surface area contributed by atoms with Crippen molar-refractivity contribution in [1.82, 2.24) is 15.5 Å². The average molecular weight is 554 g/mol. The molecule has 1 saturated heterocycles. The van der Waals surface area contributed by atoms with Crippen LogP contribution >= 0.6 is 24.0 Å². The number of alkyl halides is 2. The molecule has 2 rings (SSSR count). The van der Waals surface area contributed by atoms with Gasteiger partial charge in [0.2, 0.25) is 0 Å². The highest BCUT2D eigenvalue weighted by Crippen LogP contribution is 2.19. The topological polar surface area (TPSA) is 69.1 Å². The van der Waals surface area contributed by atoms with E-state index in [1.165, 1.54) is 38.1 Å². The standard InChI is InChI=1S/C22H36F2N4O2.HI/c1-3-25-22(26-12-4-5-13-28-14-6-7-17(2)16-28)27-15-20(29)18-8-10-19(11-9-18)30-21(23)24;/h8-11,17,20-21,29H,3-7,12-16H2,1-2H3,(H2,25,26,27);1H. The number of nitrogens with one attached hydrogen (secondary N) is 2. The lowest BCUT2D eigenvalue weighted by Crippen LogP contribution is -2.38. The third-order valence-corrected chi connectivity index (χ3v) is 5.19. The normalized spacial score (nSPS) is 18.4. The predicted octanol–water partition coefficient (Wildman–Crippen LogP) is 4.01. The largest absolute Gasteiger partial charge is 0.435 e. The van der Waals surface area contributed by atoms with Gasteiger partial charge in [-0.1, -0.05) is 19.1 Å². The molecule has 0 radical (unpaired) electrons. The lowest BCUT2D eigenvalue weighted by molar-refractivity contribution is -0.0498. The summed E-state index contributed by atoms with van der Waals surface area (Å²) in [6, 6.07) is 5.97. The second kappa shape index (κ2) is 15.6. The number of guanidine groups is 1. The van der Waals surface area contributed by atoms with Crippen LogP contribution in [0.25, 0.3) is 0 Å². The van der Waals surface area contributed by atoms with Crippen molar-refractivity contribution >= 4 is 29.9 Å². The minimum atomic E-state index is -2.86. The van der Waals surface area contributed by atoms with Crippen molar-refractivity contribution < 1.29 is 18.6 Å². The van der Waals surface area contributed by atoms with Crippen LogP contribution in [-0.2, 0) is 0 Å². The molecule has 1 heterocycles. The molecule has 2 atom stereocenters. The number of likely N-dealkylation sites (tertiary alicyclic amines) is 1. The summed E-state index contributed by atoms with van der Waals surface area (Å²) >= 11 is 0. The molecular weight excluding hydrogens is 517 g/mol. The molecule has 0 spiro atoms. The monoisotopic (exact) mass is 554 g/mol. The summed E-state index contributed by atoms with van der Waals surface area (Å²) in [7, 11) is 0. The molecule has 1 aromatic carbocycles. The molecule has 2 unspecified atom stereocenters. The number of nitrogens with zero attached hydrogens (tertiary/aromatic N) is 2. The van der Waals surface area contributed by atoms with Gasteiger partial charge in [0, 0.05) is 19.6 Å². The summed E-state index contributed by atoms with van der Waals surface area (Å²) in [5.41, 5.74) is 0.604. The highest BCUT2D eigenvalue weighted by molar-refractivity contribution is 14.0. The summed E-state index contributed by atoms with van der Waals surface area (Å²) in [4.78, 5) is 7.00. The SMILES string of the molecule is CCNC(=NCC(O)c1ccc(OC(F)F)cc1)NCCCCN1CCCC(C)C1.I. The zero-order chi connectivity index (χ0) is 21.8. The van der Waals surface area contributed by atoms with Crippen LogP contribution in [0.4, 0.5) is 8.78 Å². The van der Waals surface area contributed by atoms with Crippen LogP contribution < -0.4 is 15.4 Å². The van der Waals surface area contributed by atoms with E-state index in [2.05, 4.69) is 32.2 Å². The number of rotatable bonds is 11. The number of ether oxygens (including phenoxy) is 1. The van der Waals surface area contributed by atoms with Gasteiger partial charge in [-0.15, -0.1) is 24.0 Å². The molecule has 1 fully saturated rings. The number of halogens is 3. The Morgan fingerprint density at radius 3 is 2.65 bits per heavy atom. The molecule has 1 aliphatic heterocycles. The number of hydrogen-bond donors (Lipinski definition) is 3. The molecular formula is C22H37F2IN4O2. The van der Waals surface area contributed by atoms with Gasteiger partial charge in [0.05, 0.1) is 12.6 Å². The van der Waals surface area contributed by atoms with Crippen molar-refractivity contribution in [2.45, 2.75) is 52.2 Å². The van der Waals surface area contributed by atoms with Gasteiger partial charge in [0.1, 0.15) is 5.75 Å². The number of aliphatic hydroxyl groups is 1. The van der Waals surface area contributed by atoms with Gasteiger partial charge in [-0.3, -0.25) is 4.99 Å². The van der Waals surface area contributed by atoms with Gasteiger partial charge in [0.25, 0.3) is 0 Å². The van der Waals surface area contributed by atoms with Gasteiger partial charge >= 0.3 is 6.61 Å². The van der Waals surface area contributed by atoms with Crippen LogP contribution in [0.2, 0.25) is 0 Å². The molecule has 0 aromatic heterocycles. The third kappa shape index (κ3) is 11.3. The number of piperidine rings is 1. The molecule has 178 valence electrons. The highest BCUT2D eigenvalue weighted by atomic mass is 127. The number of aliphatic hydroxyl groups excluding tert-OH is 1. The second-order valence-electron chi connectivity index (χ2n) is 7.86. The Morgan fingerprint density at radius 1 is 1.26 bits per heavy atom. The Kier molecular flexibility index (Phi) is 14.0. The van der Waals surface area contributed by atoms with Crippen LogP contribution in [0.15, 0.2) is 29.3 Å². The van der Waals surface area contributed by atoms with E-state index in [0.29, 0.717) is 11.5 Å². The predicted molar refractivity (Wildman–Crippen MR) is 132 cm³/mol. The number of aliphatic imine (C=N–C) groups is 1. The summed E-state index contributed by atoms with van der Waals surface area (Å²) in [5, 5.41) is 16.8. The fourth-order valence-electron chi connectivity index (χ4n) is 3.65. The minimum Gasteiger partial charge on any atom is -0.435 e. The first-order valence-corrected chi connectivity index (χ1v) is 10.9. The van der Waals surface area contributed by atoms with E-state index >= 15 is 0 Å². The van der Waals surface area contributed by atoms with E-state index in [4.69, 9.17) is 0 Å². The Labute approximate surface area is 201 Å². The van der Waals surface area contributed by atoms with Crippen molar-refractivity contribution in [2.24, 2.45) is 10.9 Å². The Morgan fingerprint density at radius 2 is 2.00 bits per heavy atom. The van der Waals surface area contributed by atoms with Crippen molar-refractivity contribution in [1.29, 1.82) is 0 Å². The van der Waals surface area contributed by atoms with Crippen LogP contribution in [0.3, 0.4) is 0 Å². The molecule has 3 N–H and O–H groups in total. The van der Waals surface area contributed by atoms with E-state index in [1.807, 2.05) is 6.92 Å². The Bertz CT molecular complexity index is 634.